The molecular weight excluding hydrogens is 292 g/mol. The van der Waals surface area contributed by atoms with Gasteiger partial charge in [-0.15, -0.1) is 0 Å². The lowest BCUT2D eigenvalue weighted by Crippen LogP contribution is -3.16. The Morgan fingerprint density at radius 2 is 1.61 bits per heavy atom. The van der Waals surface area contributed by atoms with Gasteiger partial charge in [-0.2, -0.15) is 0 Å². The molecule has 0 bridgehead atoms. The molecular formula is C18H30N2O3. The van der Waals surface area contributed by atoms with Gasteiger partial charge in [-0.3, -0.25) is 4.79 Å². The van der Waals surface area contributed by atoms with Crippen molar-refractivity contribution in [2.75, 3.05) is 13.1 Å². The van der Waals surface area contributed by atoms with Gasteiger partial charge in [0.2, 0.25) is 5.91 Å². The summed E-state index contributed by atoms with van der Waals surface area (Å²) < 4.78 is 0. The maximum atomic E-state index is 12.6. The van der Waals surface area contributed by atoms with Crippen LogP contribution in [0, 0.1) is 11.8 Å². The Balaban J connectivity index is 1.96. The molecule has 0 aromatic rings. The summed E-state index contributed by atoms with van der Waals surface area (Å²) in [4.78, 5) is 25.6. The van der Waals surface area contributed by atoms with Crippen LogP contribution in [0.25, 0.3) is 0 Å². The SMILES string of the molecule is CC1=C(C)C[C@@H](C(=O)NC2CC[NH+](C(C)C)CC2)[C@H](C(=O)[O-])C1. The zero-order valence-electron chi connectivity index (χ0n) is 14.8. The van der Waals surface area contributed by atoms with Gasteiger partial charge in [-0.25, -0.2) is 0 Å². The van der Waals surface area contributed by atoms with E-state index in [0.29, 0.717) is 18.9 Å². The number of quaternary nitrogens is 1. The maximum absolute atomic E-state index is 12.6. The van der Waals surface area contributed by atoms with E-state index < -0.39 is 17.8 Å². The van der Waals surface area contributed by atoms with Crippen LogP contribution in [0.15, 0.2) is 11.1 Å². The summed E-state index contributed by atoms with van der Waals surface area (Å²) in [6.45, 7) is 10.5. The molecule has 2 atom stereocenters. The fourth-order valence-electron chi connectivity index (χ4n) is 3.83. The minimum atomic E-state index is -1.10. The summed E-state index contributed by atoms with van der Waals surface area (Å²) in [5.41, 5.74) is 2.22. The third-order valence-corrected chi connectivity index (χ3v) is 5.70. The van der Waals surface area contributed by atoms with Crippen molar-refractivity contribution in [1.82, 2.24) is 5.32 Å². The molecule has 2 aliphatic rings. The molecule has 1 amide bonds. The molecule has 2 rings (SSSR count). The second kappa shape index (κ2) is 7.47. The normalized spacial score (nSPS) is 32.0. The van der Waals surface area contributed by atoms with Gasteiger partial charge in [0.1, 0.15) is 0 Å². The van der Waals surface area contributed by atoms with Crippen molar-refractivity contribution in [3.05, 3.63) is 11.1 Å². The first-order chi connectivity index (χ1) is 10.8. The zero-order chi connectivity index (χ0) is 17.1. The van der Waals surface area contributed by atoms with Crippen molar-refractivity contribution in [3.63, 3.8) is 0 Å². The Labute approximate surface area is 139 Å². The van der Waals surface area contributed by atoms with Crippen LogP contribution < -0.4 is 15.3 Å². The molecule has 5 nitrogen and oxygen atoms in total. The van der Waals surface area contributed by atoms with E-state index >= 15 is 0 Å². The standard InChI is InChI=1S/C18H30N2O3/c1-11(2)20-7-5-14(6-8-20)19-17(21)15-9-12(3)13(4)10-16(15)18(22)23/h11,14-16H,5-10H2,1-4H3,(H,19,21)(H,22,23)/t15-,16-/m1/s1. The van der Waals surface area contributed by atoms with Crippen LogP contribution in [0.2, 0.25) is 0 Å². The van der Waals surface area contributed by atoms with Gasteiger partial charge < -0.3 is 20.1 Å². The molecule has 1 fully saturated rings. The van der Waals surface area contributed by atoms with E-state index in [4.69, 9.17) is 0 Å². The third-order valence-electron chi connectivity index (χ3n) is 5.70. The molecule has 0 aromatic carbocycles. The van der Waals surface area contributed by atoms with Gasteiger partial charge in [0.25, 0.3) is 0 Å². The first kappa shape index (κ1) is 18.0. The molecule has 0 unspecified atom stereocenters. The van der Waals surface area contributed by atoms with Crippen molar-refractivity contribution in [2.24, 2.45) is 11.8 Å². The fraction of sp³-hybridized carbons (Fsp3) is 0.778. The van der Waals surface area contributed by atoms with E-state index in [9.17, 15) is 14.7 Å². The summed E-state index contributed by atoms with van der Waals surface area (Å²) in [5, 5.41) is 14.5. The van der Waals surface area contributed by atoms with Crippen LogP contribution in [-0.4, -0.2) is 37.0 Å². The average Bonchev–Trinajstić information content (AvgIpc) is 2.49. The molecule has 0 aromatic heterocycles. The zero-order valence-corrected chi connectivity index (χ0v) is 14.8. The van der Waals surface area contributed by atoms with Crippen molar-refractivity contribution in [2.45, 2.75) is 65.5 Å². The van der Waals surface area contributed by atoms with E-state index in [1.54, 1.807) is 4.90 Å². The van der Waals surface area contributed by atoms with Crippen molar-refractivity contribution in [3.8, 4) is 0 Å². The Morgan fingerprint density at radius 1 is 1.09 bits per heavy atom. The van der Waals surface area contributed by atoms with Crippen molar-refractivity contribution >= 4 is 11.9 Å². The minimum absolute atomic E-state index is 0.107. The Morgan fingerprint density at radius 3 is 2.09 bits per heavy atom. The molecule has 1 aliphatic carbocycles. The van der Waals surface area contributed by atoms with Gasteiger partial charge in [0.15, 0.2) is 0 Å². The Bertz CT molecular complexity index is 490. The molecule has 1 saturated heterocycles. The molecule has 0 saturated carbocycles. The number of carboxylic acid groups (broad SMARTS) is 1. The first-order valence-corrected chi connectivity index (χ1v) is 8.80. The largest absolute Gasteiger partial charge is 0.550 e. The molecule has 2 N–H and O–H groups in total. The van der Waals surface area contributed by atoms with Crippen LogP contribution in [0.4, 0.5) is 0 Å². The van der Waals surface area contributed by atoms with Crippen LogP contribution in [-0.2, 0) is 9.59 Å². The first-order valence-electron chi connectivity index (χ1n) is 8.80. The summed E-state index contributed by atoms with van der Waals surface area (Å²) in [6, 6.07) is 0.794. The second-order valence-electron chi connectivity index (χ2n) is 7.60. The monoisotopic (exact) mass is 322 g/mol. The number of carbonyl (C=O) groups is 2. The lowest BCUT2D eigenvalue weighted by Gasteiger charge is -2.36. The third kappa shape index (κ3) is 4.34. The number of carbonyl (C=O) groups excluding carboxylic acids is 2. The quantitative estimate of drug-likeness (QED) is 0.696. The number of hydrogen-bond donors (Lipinski definition) is 2. The number of aliphatic carboxylic acids is 1. The number of amides is 1. The van der Waals surface area contributed by atoms with Gasteiger partial charge in [0, 0.05) is 36.7 Å². The molecule has 1 aliphatic heterocycles. The van der Waals surface area contributed by atoms with Gasteiger partial charge in [-0.1, -0.05) is 11.1 Å². The lowest BCUT2D eigenvalue weighted by atomic mass is 9.76. The highest BCUT2D eigenvalue weighted by Crippen LogP contribution is 2.34. The van der Waals surface area contributed by atoms with Crippen LogP contribution >= 0.6 is 0 Å². The summed E-state index contributed by atoms with van der Waals surface area (Å²) in [5.74, 6) is -2.39. The fourth-order valence-corrected chi connectivity index (χ4v) is 3.83. The molecule has 0 radical (unpaired) electrons. The lowest BCUT2D eigenvalue weighted by molar-refractivity contribution is -0.926. The Kier molecular flexibility index (Phi) is 5.84. The number of likely N-dealkylation sites (tertiary alicyclic amines) is 1. The Hall–Kier alpha value is -1.36. The van der Waals surface area contributed by atoms with Crippen molar-refractivity contribution in [1.29, 1.82) is 0 Å². The number of carboxylic acids is 1. The number of hydrogen-bond acceptors (Lipinski definition) is 3. The van der Waals surface area contributed by atoms with E-state index in [-0.39, 0.29) is 11.9 Å². The van der Waals surface area contributed by atoms with Crippen molar-refractivity contribution < 1.29 is 19.6 Å². The van der Waals surface area contributed by atoms with Crippen LogP contribution in [0.3, 0.4) is 0 Å². The molecule has 5 heteroatoms. The van der Waals surface area contributed by atoms with E-state index in [0.717, 1.165) is 37.1 Å². The molecule has 130 valence electrons. The average molecular weight is 322 g/mol. The van der Waals surface area contributed by atoms with E-state index in [1.807, 2.05) is 13.8 Å². The molecule has 23 heavy (non-hydrogen) atoms. The van der Waals surface area contributed by atoms with E-state index in [1.165, 1.54) is 0 Å². The highest BCUT2D eigenvalue weighted by molar-refractivity contribution is 5.85. The number of allylic oxidation sites excluding steroid dienone is 2. The smallest absolute Gasteiger partial charge is 0.224 e. The topological polar surface area (TPSA) is 73.7 Å². The summed E-state index contributed by atoms with van der Waals surface area (Å²) >= 11 is 0. The van der Waals surface area contributed by atoms with Crippen LogP contribution in [0.5, 0.6) is 0 Å². The summed E-state index contributed by atoms with van der Waals surface area (Å²) in [6.07, 6.45) is 2.90. The molecule has 0 spiro atoms. The van der Waals surface area contributed by atoms with Crippen LogP contribution in [0.1, 0.15) is 53.4 Å². The second-order valence-corrected chi connectivity index (χ2v) is 7.60. The number of nitrogens with one attached hydrogen (secondary N) is 2. The summed E-state index contributed by atoms with van der Waals surface area (Å²) in [7, 11) is 0. The van der Waals surface area contributed by atoms with E-state index in [2.05, 4.69) is 19.2 Å². The van der Waals surface area contributed by atoms with Gasteiger partial charge in [-0.05, 0) is 40.5 Å². The number of rotatable bonds is 4. The predicted molar refractivity (Wildman–Crippen MR) is 86.6 cm³/mol. The number of piperidine rings is 1. The minimum Gasteiger partial charge on any atom is -0.550 e. The highest BCUT2D eigenvalue weighted by atomic mass is 16.4. The van der Waals surface area contributed by atoms with Gasteiger partial charge >= 0.3 is 0 Å². The highest BCUT2D eigenvalue weighted by Gasteiger charge is 2.35. The molecule has 1 heterocycles. The predicted octanol–water partition coefficient (Wildman–Crippen LogP) is -0.329. The maximum Gasteiger partial charge on any atom is 0.224 e. The van der Waals surface area contributed by atoms with Gasteiger partial charge in [0.05, 0.1) is 19.1 Å².